The van der Waals surface area contributed by atoms with Crippen molar-refractivity contribution in [1.29, 1.82) is 0 Å². The summed E-state index contributed by atoms with van der Waals surface area (Å²) in [5, 5.41) is 9.16. The smallest absolute Gasteiger partial charge is 0.337 e. The largest absolute Gasteiger partial charge is 0.478 e. The van der Waals surface area contributed by atoms with E-state index in [-0.39, 0.29) is 10.6 Å². The highest BCUT2D eigenvalue weighted by molar-refractivity contribution is 7.85. The molecule has 0 bridgehead atoms. The van der Waals surface area contributed by atoms with Crippen LogP contribution in [-0.4, -0.2) is 45.6 Å². The molecule has 0 amide bonds. The number of carbonyl (C=O) groups is 1. The molecule has 1 aromatic rings. The molecule has 1 N–H and O–H groups in total. The van der Waals surface area contributed by atoms with Crippen molar-refractivity contribution >= 4 is 28.4 Å². The summed E-state index contributed by atoms with van der Waals surface area (Å²) in [6.07, 6.45) is 2.41. The van der Waals surface area contributed by atoms with Crippen LogP contribution < -0.4 is 0 Å². The first-order chi connectivity index (χ1) is 9.08. The fourth-order valence-electron chi connectivity index (χ4n) is 2.15. The first-order valence-corrected chi connectivity index (χ1v) is 7.91. The zero-order valence-electron chi connectivity index (χ0n) is 10.5. The first-order valence-electron chi connectivity index (χ1n) is 6.21. The molecule has 2 rings (SSSR count). The second-order valence-corrected chi connectivity index (χ2v) is 6.52. The van der Waals surface area contributed by atoms with Crippen molar-refractivity contribution in [2.24, 2.45) is 0 Å². The number of hydrogen-bond donors (Lipinski definition) is 1. The van der Waals surface area contributed by atoms with Crippen molar-refractivity contribution in [3.05, 3.63) is 28.8 Å². The lowest BCUT2D eigenvalue weighted by atomic mass is 10.2. The number of hydrogen-bond acceptors (Lipinski definition) is 3. The molecular formula is C13H16ClNO3S. The molecule has 1 aliphatic heterocycles. The molecule has 1 aliphatic rings. The van der Waals surface area contributed by atoms with Crippen LogP contribution in [0.3, 0.4) is 0 Å². The highest BCUT2D eigenvalue weighted by Gasteiger charge is 2.15. The monoisotopic (exact) mass is 301 g/mol. The molecule has 0 radical (unpaired) electrons. The van der Waals surface area contributed by atoms with Gasteiger partial charge in [-0.3, -0.25) is 4.21 Å². The molecule has 1 saturated heterocycles. The van der Waals surface area contributed by atoms with E-state index in [9.17, 15) is 9.00 Å². The maximum atomic E-state index is 12.1. The maximum Gasteiger partial charge on any atom is 0.337 e. The van der Waals surface area contributed by atoms with Crippen molar-refractivity contribution in [2.75, 3.05) is 25.4 Å². The van der Waals surface area contributed by atoms with E-state index in [1.807, 2.05) is 0 Å². The van der Waals surface area contributed by atoms with Gasteiger partial charge in [-0.1, -0.05) is 11.6 Å². The Bertz CT molecular complexity index is 501. The predicted octanol–water partition coefficient (Wildman–Crippen LogP) is 2.24. The Morgan fingerprint density at radius 3 is 2.68 bits per heavy atom. The second-order valence-electron chi connectivity index (χ2n) is 4.55. The van der Waals surface area contributed by atoms with E-state index >= 15 is 0 Å². The fraction of sp³-hybridized carbons (Fsp3) is 0.462. The number of likely N-dealkylation sites (tertiary alicyclic amines) is 1. The van der Waals surface area contributed by atoms with Crippen molar-refractivity contribution in [3.8, 4) is 0 Å². The first kappa shape index (κ1) is 14.5. The molecule has 0 spiro atoms. The Morgan fingerprint density at radius 2 is 2.05 bits per heavy atom. The molecular weight excluding hydrogens is 286 g/mol. The van der Waals surface area contributed by atoms with E-state index in [4.69, 9.17) is 16.7 Å². The lowest BCUT2D eigenvalue weighted by Gasteiger charge is -2.13. The van der Waals surface area contributed by atoms with Crippen LogP contribution in [0.5, 0.6) is 0 Å². The number of benzene rings is 1. The summed E-state index contributed by atoms with van der Waals surface area (Å²) in [5.41, 5.74) is 0.00805. The van der Waals surface area contributed by atoms with Gasteiger partial charge in [0, 0.05) is 17.2 Å². The van der Waals surface area contributed by atoms with Gasteiger partial charge in [0.2, 0.25) is 0 Å². The summed E-state index contributed by atoms with van der Waals surface area (Å²) >= 11 is 5.79. The summed E-state index contributed by atoms with van der Waals surface area (Å²) in [6, 6.07) is 4.54. The molecule has 1 atom stereocenters. The fourth-order valence-corrected chi connectivity index (χ4v) is 3.47. The zero-order valence-corrected chi connectivity index (χ0v) is 12.0. The molecule has 6 heteroatoms. The molecule has 1 unspecified atom stereocenters. The molecule has 0 aliphatic carbocycles. The second kappa shape index (κ2) is 6.50. The van der Waals surface area contributed by atoms with Crippen molar-refractivity contribution in [1.82, 2.24) is 4.90 Å². The minimum absolute atomic E-state index is 0.00805. The van der Waals surface area contributed by atoms with E-state index in [2.05, 4.69) is 4.90 Å². The van der Waals surface area contributed by atoms with Crippen molar-refractivity contribution in [2.45, 2.75) is 17.7 Å². The number of carboxylic acid groups (broad SMARTS) is 1. The van der Waals surface area contributed by atoms with Gasteiger partial charge < -0.3 is 10.0 Å². The number of rotatable bonds is 5. The topological polar surface area (TPSA) is 57.6 Å². The van der Waals surface area contributed by atoms with E-state index in [0.29, 0.717) is 10.6 Å². The zero-order chi connectivity index (χ0) is 13.8. The van der Waals surface area contributed by atoms with Gasteiger partial charge in [-0.15, -0.1) is 0 Å². The molecule has 0 aromatic heterocycles. The predicted molar refractivity (Wildman–Crippen MR) is 75.4 cm³/mol. The highest BCUT2D eigenvalue weighted by Crippen LogP contribution is 2.20. The SMILES string of the molecule is O=C(O)c1cc(S(=O)CCN2CCCC2)ccc1Cl. The number of aromatic carboxylic acids is 1. The van der Waals surface area contributed by atoms with Crippen LogP contribution in [0.1, 0.15) is 23.2 Å². The lowest BCUT2D eigenvalue weighted by Crippen LogP contribution is -2.24. The van der Waals surface area contributed by atoms with Gasteiger partial charge in [0.15, 0.2) is 0 Å². The average molecular weight is 302 g/mol. The van der Waals surface area contributed by atoms with Crippen LogP contribution in [0, 0.1) is 0 Å². The summed E-state index contributed by atoms with van der Waals surface area (Å²) in [5.74, 6) is -0.566. The Hall–Kier alpha value is -0.910. The minimum Gasteiger partial charge on any atom is -0.478 e. The molecule has 19 heavy (non-hydrogen) atoms. The van der Waals surface area contributed by atoms with Gasteiger partial charge in [0.05, 0.1) is 21.4 Å². The molecule has 4 nitrogen and oxygen atoms in total. The average Bonchev–Trinajstić information content (AvgIpc) is 2.89. The summed E-state index contributed by atoms with van der Waals surface area (Å²) in [6.45, 7) is 2.92. The third-order valence-electron chi connectivity index (χ3n) is 3.22. The Morgan fingerprint density at radius 1 is 1.37 bits per heavy atom. The molecule has 1 heterocycles. The third kappa shape index (κ3) is 3.78. The molecule has 1 aromatic carbocycles. The van der Waals surface area contributed by atoms with Crippen molar-refractivity contribution < 1.29 is 14.1 Å². The van der Waals surface area contributed by atoms with Crippen LogP contribution in [0.25, 0.3) is 0 Å². The Balaban J connectivity index is 2.02. The van der Waals surface area contributed by atoms with Crippen molar-refractivity contribution in [3.63, 3.8) is 0 Å². The van der Waals surface area contributed by atoms with E-state index < -0.39 is 16.8 Å². The Labute approximate surface area is 119 Å². The van der Waals surface area contributed by atoms with Crippen LogP contribution in [0.2, 0.25) is 5.02 Å². The van der Waals surface area contributed by atoms with Gasteiger partial charge in [0.25, 0.3) is 0 Å². The van der Waals surface area contributed by atoms with Crippen LogP contribution in [-0.2, 0) is 10.8 Å². The standard InChI is InChI=1S/C13H16ClNO3S/c14-12-4-3-10(9-11(12)13(16)17)19(18)8-7-15-5-1-2-6-15/h3-4,9H,1-2,5-8H2,(H,16,17). The molecule has 0 saturated carbocycles. The van der Waals surface area contributed by atoms with Gasteiger partial charge >= 0.3 is 5.97 Å². The van der Waals surface area contributed by atoms with Gasteiger partial charge in [-0.25, -0.2) is 4.79 Å². The quantitative estimate of drug-likeness (QED) is 0.906. The normalized spacial score (nSPS) is 17.5. The third-order valence-corrected chi connectivity index (χ3v) is 4.89. The van der Waals surface area contributed by atoms with Gasteiger partial charge in [-0.2, -0.15) is 0 Å². The van der Waals surface area contributed by atoms with Crippen LogP contribution in [0.15, 0.2) is 23.1 Å². The van der Waals surface area contributed by atoms with Gasteiger partial charge in [-0.05, 0) is 44.1 Å². The maximum absolute atomic E-state index is 12.1. The summed E-state index contributed by atoms with van der Waals surface area (Å²) in [4.78, 5) is 13.8. The highest BCUT2D eigenvalue weighted by atomic mass is 35.5. The minimum atomic E-state index is -1.18. The van der Waals surface area contributed by atoms with E-state index in [0.717, 1.165) is 19.6 Å². The molecule has 1 fully saturated rings. The van der Waals surface area contributed by atoms with E-state index in [1.165, 1.54) is 25.0 Å². The number of carboxylic acids is 1. The number of halogens is 1. The summed E-state index contributed by atoms with van der Waals surface area (Å²) in [7, 11) is -1.18. The molecule has 104 valence electrons. The van der Waals surface area contributed by atoms with Gasteiger partial charge in [0.1, 0.15) is 0 Å². The van der Waals surface area contributed by atoms with Crippen LogP contribution >= 0.6 is 11.6 Å². The summed E-state index contributed by atoms with van der Waals surface area (Å²) < 4.78 is 12.1. The number of nitrogens with zero attached hydrogens (tertiary/aromatic N) is 1. The van der Waals surface area contributed by atoms with Crippen LogP contribution in [0.4, 0.5) is 0 Å². The van der Waals surface area contributed by atoms with E-state index in [1.54, 1.807) is 6.07 Å². The Kier molecular flexibility index (Phi) is 4.96. The lowest BCUT2D eigenvalue weighted by molar-refractivity contribution is 0.0697.